The molecule has 35 heavy (non-hydrogen) atoms. The number of thiazole rings is 1. The SMILES string of the molecule is C#CCn1c(=NC(=O)c2ccc(S(=O)(=O)N3CCCC(C)C3)cc2)sc2cc(C(=O)OC)ccc21. The molecule has 182 valence electrons. The van der Waals surface area contributed by atoms with Crippen LogP contribution in [-0.4, -0.2) is 49.4 Å². The molecule has 8 nitrogen and oxygen atoms in total. The molecule has 1 aliphatic rings. The lowest BCUT2D eigenvalue weighted by Gasteiger charge is -2.30. The molecule has 3 aromatic rings. The van der Waals surface area contributed by atoms with Gasteiger partial charge in [0.05, 0.1) is 34.3 Å². The largest absolute Gasteiger partial charge is 0.465 e. The minimum Gasteiger partial charge on any atom is -0.465 e. The number of rotatable bonds is 5. The third-order valence-electron chi connectivity index (χ3n) is 5.91. The highest BCUT2D eigenvalue weighted by molar-refractivity contribution is 7.89. The number of esters is 1. The predicted octanol–water partition coefficient (Wildman–Crippen LogP) is 3.28. The number of carbonyl (C=O) groups excluding carboxylic acids is 2. The molecule has 1 atom stereocenters. The summed E-state index contributed by atoms with van der Waals surface area (Å²) < 4.78 is 34.7. The number of aromatic nitrogens is 1. The number of sulfonamides is 1. The summed E-state index contributed by atoms with van der Waals surface area (Å²) in [5.41, 5.74) is 1.38. The van der Waals surface area contributed by atoms with Crippen molar-refractivity contribution >= 4 is 43.5 Å². The van der Waals surface area contributed by atoms with Crippen molar-refractivity contribution in [1.29, 1.82) is 0 Å². The van der Waals surface area contributed by atoms with E-state index in [9.17, 15) is 18.0 Å². The number of piperidine rings is 1. The Morgan fingerprint density at radius 3 is 2.57 bits per heavy atom. The smallest absolute Gasteiger partial charge is 0.337 e. The van der Waals surface area contributed by atoms with Crippen LogP contribution < -0.4 is 4.80 Å². The first-order chi connectivity index (χ1) is 16.7. The fourth-order valence-electron chi connectivity index (χ4n) is 4.08. The van der Waals surface area contributed by atoms with Gasteiger partial charge < -0.3 is 9.30 Å². The van der Waals surface area contributed by atoms with E-state index in [1.54, 1.807) is 22.8 Å². The standard InChI is InChI=1S/C25H25N3O5S2/c1-4-13-28-21-12-9-19(24(30)33-3)15-22(21)34-25(28)26-23(29)18-7-10-20(11-8-18)35(31,32)27-14-5-6-17(2)16-27/h1,7-12,15,17H,5-6,13-14,16H2,2-3H3. The minimum absolute atomic E-state index is 0.155. The molecule has 0 spiro atoms. The van der Waals surface area contributed by atoms with Gasteiger partial charge in [-0.2, -0.15) is 9.30 Å². The van der Waals surface area contributed by atoms with Crippen LogP contribution >= 0.6 is 11.3 Å². The minimum atomic E-state index is -3.61. The zero-order valence-corrected chi connectivity index (χ0v) is 21.1. The van der Waals surface area contributed by atoms with Crippen LogP contribution in [0, 0.1) is 18.3 Å². The van der Waals surface area contributed by atoms with Crippen molar-refractivity contribution in [3.05, 3.63) is 58.4 Å². The number of carbonyl (C=O) groups is 2. The topological polar surface area (TPSA) is 98.0 Å². The van der Waals surface area contributed by atoms with Gasteiger partial charge in [0.1, 0.15) is 0 Å². The van der Waals surface area contributed by atoms with E-state index in [-0.39, 0.29) is 17.0 Å². The van der Waals surface area contributed by atoms with Crippen molar-refractivity contribution in [2.45, 2.75) is 31.2 Å². The fourth-order valence-corrected chi connectivity index (χ4v) is 6.75. The summed E-state index contributed by atoms with van der Waals surface area (Å²) in [6.45, 7) is 3.23. The molecule has 1 unspecified atom stereocenters. The molecule has 0 saturated carbocycles. The number of methoxy groups -OCH3 is 1. The van der Waals surface area contributed by atoms with Gasteiger partial charge in [0.2, 0.25) is 10.0 Å². The molecule has 1 fully saturated rings. The first-order valence-corrected chi connectivity index (χ1v) is 13.3. The van der Waals surface area contributed by atoms with Crippen molar-refractivity contribution in [3.63, 3.8) is 0 Å². The molecule has 1 aliphatic heterocycles. The van der Waals surface area contributed by atoms with Gasteiger partial charge in [-0.15, -0.1) is 6.42 Å². The quantitative estimate of drug-likeness (QED) is 0.387. The average molecular weight is 512 g/mol. The van der Waals surface area contributed by atoms with Crippen LogP contribution in [0.5, 0.6) is 0 Å². The van der Waals surface area contributed by atoms with E-state index in [1.165, 1.54) is 47.0 Å². The van der Waals surface area contributed by atoms with E-state index in [2.05, 4.69) is 10.9 Å². The van der Waals surface area contributed by atoms with E-state index in [1.807, 2.05) is 6.92 Å². The molecule has 1 saturated heterocycles. The zero-order valence-electron chi connectivity index (χ0n) is 19.4. The second-order valence-electron chi connectivity index (χ2n) is 8.40. The second kappa shape index (κ2) is 10.2. The van der Waals surface area contributed by atoms with E-state index < -0.39 is 21.9 Å². The highest BCUT2D eigenvalue weighted by atomic mass is 32.2. The van der Waals surface area contributed by atoms with Crippen LogP contribution in [0.1, 0.15) is 40.5 Å². The Morgan fingerprint density at radius 1 is 1.20 bits per heavy atom. The molecular formula is C25H25N3O5S2. The number of benzene rings is 2. The lowest BCUT2D eigenvalue weighted by Crippen LogP contribution is -2.39. The number of ether oxygens (including phenoxy) is 1. The highest BCUT2D eigenvalue weighted by Gasteiger charge is 2.28. The Hall–Kier alpha value is -3.26. The van der Waals surface area contributed by atoms with Crippen LogP contribution in [0.4, 0.5) is 0 Å². The summed E-state index contributed by atoms with van der Waals surface area (Å²) >= 11 is 1.22. The van der Waals surface area contributed by atoms with Gasteiger partial charge in [-0.1, -0.05) is 24.2 Å². The maximum absolute atomic E-state index is 13.0. The molecule has 2 heterocycles. The van der Waals surface area contributed by atoms with Crippen LogP contribution in [0.15, 0.2) is 52.4 Å². The lowest BCUT2D eigenvalue weighted by atomic mass is 10.0. The molecule has 1 aromatic heterocycles. The number of terminal acetylenes is 1. The summed E-state index contributed by atoms with van der Waals surface area (Å²) in [5, 5.41) is 0. The van der Waals surface area contributed by atoms with Crippen LogP contribution in [0.3, 0.4) is 0 Å². The van der Waals surface area contributed by atoms with Crippen molar-refractivity contribution in [2.75, 3.05) is 20.2 Å². The monoisotopic (exact) mass is 511 g/mol. The van der Waals surface area contributed by atoms with Crippen LogP contribution in [-0.2, 0) is 21.3 Å². The van der Waals surface area contributed by atoms with Gasteiger partial charge in [0, 0.05) is 18.7 Å². The molecule has 2 aromatic carbocycles. The summed E-state index contributed by atoms with van der Waals surface area (Å²) in [5.74, 6) is 1.89. The molecule has 4 rings (SSSR count). The maximum atomic E-state index is 13.0. The molecular weight excluding hydrogens is 486 g/mol. The van der Waals surface area contributed by atoms with Crippen molar-refractivity contribution < 1.29 is 22.7 Å². The number of nitrogens with zero attached hydrogens (tertiary/aromatic N) is 3. The summed E-state index contributed by atoms with van der Waals surface area (Å²) in [4.78, 5) is 29.6. The van der Waals surface area contributed by atoms with Crippen molar-refractivity contribution in [3.8, 4) is 12.3 Å². The molecule has 10 heteroatoms. The predicted molar refractivity (Wildman–Crippen MR) is 133 cm³/mol. The fraction of sp³-hybridized carbons (Fsp3) is 0.320. The Labute approximate surface area is 207 Å². The van der Waals surface area contributed by atoms with Crippen LogP contribution in [0.2, 0.25) is 0 Å². The van der Waals surface area contributed by atoms with Gasteiger partial charge in [-0.25, -0.2) is 13.2 Å². The summed E-state index contributed by atoms with van der Waals surface area (Å²) in [7, 11) is -2.30. The number of fused-ring (bicyclic) bond motifs is 1. The Morgan fingerprint density at radius 2 is 1.91 bits per heavy atom. The molecule has 0 bridgehead atoms. The number of amides is 1. The Balaban J connectivity index is 1.65. The molecule has 0 radical (unpaired) electrons. The normalized spacial score (nSPS) is 17.3. The third kappa shape index (κ3) is 5.07. The van der Waals surface area contributed by atoms with Gasteiger partial charge >= 0.3 is 5.97 Å². The van der Waals surface area contributed by atoms with Crippen molar-refractivity contribution in [2.24, 2.45) is 10.9 Å². The number of hydrogen-bond acceptors (Lipinski definition) is 6. The molecule has 1 amide bonds. The van der Waals surface area contributed by atoms with Gasteiger partial charge in [0.25, 0.3) is 5.91 Å². The van der Waals surface area contributed by atoms with E-state index >= 15 is 0 Å². The Bertz CT molecular complexity index is 1490. The first-order valence-electron chi connectivity index (χ1n) is 11.1. The van der Waals surface area contributed by atoms with E-state index in [4.69, 9.17) is 11.2 Å². The van der Waals surface area contributed by atoms with Gasteiger partial charge in [-0.05, 0) is 61.2 Å². The number of hydrogen-bond donors (Lipinski definition) is 0. The van der Waals surface area contributed by atoms with Crippen molar-refractivity contribution in [1.82, 2.24) is 8.87 Å². The first kappa shape index (κ1) is 24.9. The van der Waals surface area contributed by atoms with Gasteiger partial charge in [-0.3, -0.25) is 4.79 Å². The zero-order chi connectivity index (χ0) is 25.2. The maximum Gasteiger partial charge on any atom is 0.337 e. The van der Waals surface area contributed by atoms with Gasteiger partial charge in [0.15, 0.2) is 4.80 Å². The van der Waals surface area contributed by atoms with E-state index in [0.29, 0.717) is 29.4 Å². The summed E-state index contributed by atoms with van der Waals surface area (Å²) in [6.07, 6.45) is 7.37. The van der Waals surface area contributed by atoms with Crippen LogP contribution in [0.25, 0.3) is 10.2 Å². The lowest BCUT2D eigenvalue weighted by molar-refractivity contribution is 0.0600. The molecule has 0 aliphatic carbocycles. The summed E-state index contributed by atoms with van der Waals surface area (Å²) in [6, 6.07) is 10.9. The average Bonchev–Trinajstić information content (AvgIpc) is 3.19. The highest BCUT2D eigenvalue weighted by Crippen LogP contribution is 2.24. The third-order valence-corrected chi connectivity index (χ3v) is 8.83. The van der Waals surface area contributed by atoms with E-state index in [0.717, 1.165) is 23.1 Å². The molecule has 0 N–H and O–H groups in total. The Kier molecular flexibility index (Phi) is 7.21. The second-order valence-corrected chi connectivity index (χ2v) is 11.3.